The Labute approximate surface area is 98.7 Å². The molecule has 1 aliphatic rings. The van der Waals surface area contributed by atoms with E-state index in [0.717, 1.165) is 13.1 Å². The summed E-state index contributed by atoms with van der Waals surface area (Å²) in [4.78, 5) is 2.53. The predicted molar refractivity (Wildman–Crippen MR) is 68.4 cm³/mol. The van der Waals surface area contributed by atoms with Gasteiger partial charge in [0.1, 0.15) is 0 Å². The van der Waals surface area contributed by atoms with Crippen LogP contribution < -0.4 is 5.32 Å². The second-order valence-corrected chi connectivity index (χ2v) is 4.61. The Morgan fingerprint density at radius 3 is 2.75 bits per heavy atom. The van der Waals surface area contributed by atoms with Gasteiger partial charge in [-0.2, -0.15) is 0 Å². The zero-order valence-electron chi connectivity index (χ0n) is 10.2. The Morgan fingerprint density at radius 2 is 2.12 bits per heavy atom. The zero-order chi connectivity index (χ0) is 11.2. The van der Waals surface area contributed by atoms with Gasteiger partial charge in [-0.05, 0) is 31.5 Å². The fraction of sp³-hybridized carbons (Fsp3) is 0.571. The Hall–Kier alpha value is -0.860. The Balaban J connectivity index is 1.85. The monoisotopic (exact) mass is 218 g/mol. The highest BCUT2D eigenvalue weighted by atomic mass is 15.1. The molecule has 1 saturated heterocycles. The first kappa shape index (κ1) is 11.6. The number of likely N-dealkylation sites (N-methyl/N-ethyl adjacent to an activating group) is 1. The molecule has 0 radical (unpaired) electrons. The highest BCUT2D eigenvalue weighted by molar-refractivity contribution is 5.14. The molecule has 0 bridgehead atoms. The van der Waals surface area contributed by atoms with Crippen molar-refractivity contribution in [2.75, 3.05) is 19.6 Å². The SMILES string of the molecule is CCN(Cc1ccccc1)CC1CCCN1. The molecule has 16 heavy (non-hydrogen) atoms. The lowest BCUT2D eigenvalue weighted by Crippen LogP contribution is -2.37. The van der Waals surface area contributed by atoms with Gasteiger partial charge in [0.15, 0.2) is 0 Å². The van der Waals surface area contributed by atoms with Gasteiger partial charge in [-0.3, -0.25) is 4.90 Å². The third kappa shape index (κ3) is 3.32. The van der Waals surface area contributed by atoms with Crippen LogP contribution in [0.5, 0.6) is 0 Å². The van der Waals surface area contributed by atoms with Crippen LogP contribution >= 0.6 is 0 Å². The summed E-state index contributed by atoms with van der Waals surface area (Å²) in [6.45, 7) is 6.85. The number of nitrogens with zero attached hydrogens (tertiary/aromatic N) is 1. The average Bonchev–Trinajstić information content (AvgIpc) is 2.82. The number of hydrogen-bond donors (Lipinski definition) is 1. The van der Waals surface area contributed by atoms with Crippen molar-refractivity contribution in [2.24, 2.45) is 0 Å². The number of nitrogens with one attached hydrogen (secondary N) is 1. The molecule has 2 heteroatoms. The smallest absolute Gasteiger partial charge is 0.0234 e. The average molecular weight is 218 g/mol. The summed E-state index contributed by atoms with van der Waals surface area (Å²) in [5.74, 6) is 0. The van der Waals surface area contributed by atoms with E-state index in [1.54, 1.807) is 0 Å². The van der Waals surface area contributed by atoms with Gasteiger partial charge in [0.25, 0.3) is 0 Å². The van der Waals surface area contributed by atoms with E-state index in [1.807, 2.05) is 0 Å². The van der Waals surface area contributed by atoms with Gasteiger partial charge < -0.3 is 5.32 Å². The van der Waals surface area contributed by atoms with E-state index in [2.05, 4.69) is 47.5 Å². The molecule has 1 N–H and O–H groups in total. The number of rotatable bonds is 5. The van der Waals surface area contributed by atoms with Crippen molar-refractivity contribution in [3.05, 3.63) is 35.9 Å². The lowest BCUT2D eigenvalue weighted by Gasteiger charge is -2.24. The highest BCUT2D eigenvalue weighted by Crippen LogP contribution is 2.10. The van der Waals surface area contributed by atoms with Crippen LogP contribution in [-0.2, 0) is 6.54 Å². The Morgan fingerprint density at radius 1 is 1.31 bits per heavy atom. The van der Waals surface area contributed by atoms with E-state index >= 15 is 0 Å². The molecule has 1 aliphatic heterocycles. The van der Waals surface area contributed by atoms with Crippen LogP contribution in [0, 0.1) is 0 Å². The summed E-state index contributed by atoms with van der Waals surface area (Å²) >= 11 is 0. The molecule has 1 fully saturated rings. The number of hydrogen-bond acceptors (Lipinski definition) is 2. The van der Waals surface area contributed by atoms with Gasteiger partial charge in [-0.1, -0.05) is 37.3 Å². The minimum atomic E-state index is 0.712. The molecule has 1 aromatic rings. The molecule has 0 saturated carbocycles. The maximum Gasteiger partial charge on any atom is 0.0234 e. The van der Waals surface area contributed by atoms with E-state index in [-0.39, 0.29) is 0 Å². The van der Waals surface area contributed by atoms with E-state index in [0.29, 0.717) is 6.04 Å². The van der Waals surface area contributed by atoms with Crippen LogP contribution in [0.15, 0.2) is 30.3 Å². The second-order valence-electron chi connectivity index (χ2n) is 4.61. The standard InChI is InChI=1S/C14H22N2/c1-2-16(12-14-9-6-10-15-14)11-13-7-4-3-5-8-13/h3-5,7-8,14-15H,2,6,9-12H2,1H3. The minimum Gasteiger partial charge on any atom is -0.313 e. The van der Waals surface area contributed by atoms with Gasteiger partial charge in [-0.15, -0.1) is 0 Å². The largest absolute Gasteiger partial charge is 0.313 e. The van der Waals surface area contributed by atoms with Crippen molar-refractivity contribution in [3.8, 4) is 0 Å². The van der Waals surface area contributed by atoms with Crippen LogP contribution in [-0.4, -0.2) is 30.6 Å². The lowest BCUT2D eigenvalue weighted by atomic mass is 10.2. The normalized spacial score (nSPS) is 20.5. The van der Waals surface area contributed by atoms with Gasteiger partial charge >= 0.3 is 0 Å². The van der Waals surface area contributed by atoms with Crippen LogP contribution in [0.25, 0.3) is 0 Å². The molecule has 2 nitrogen and oxygen atoms in total. The molecule has 1 heterocycles. The molecule has 0 spiro atoms. The fourth-order valence-electron chi connectivity index (χ4n) is 2.37. The van der Waals surface area contributed by atoms with Crippen molar-refractivity contribution in [2.45, 2.75) is 32.4 Å². The maximum absolute atomic E-state index is 3.57. The fourth-order valence-corrected chi connectivity index (χ4v) is 2.37. The van der Waals surface area contributed by atoms with Crippen LogP contribution in [0.3, 0.4) is 0 Å². The van der Waals surface area contributed by atoms with Crippen molar-refractivity contribution in [1.82, 2.24) is 10.2 Å². The minimum absolute atomic E-state index is 0.712. The van der Waals surface area contributed by atoms with E-state index < -0.39 is 0 Å². The Bertz CT molecular complexity index is 291. The molecule has 1 atom stereocenters. The molecular formula is C14H22N2. The topological polar surface area (TPSA) is 15.3 Å². The predicted octanol–water partition coefficient (Wildman–Crippen LogP) is 2.26. The lowest BCUT2D eigenvalue weighted by molar-refractivity contribution is 0.253. The molecule has 2 rings (SSSR count). The van der Waals surface area contributed by atoms with Crippen molar-refractivity contribution in [3.63, 3.8) is 0 Å². The van der Waals surface area contributed by atoms with E-state index in [9.17, 15) is 0 Å². The summed E-state index contributed by atoms with van der Waals surface area (Å²) in [6, 6.07) is 11.5. The van der Waals surface area contributed by atoms with Gasteiger partial charge in [0.2, 0.25) is 0 Å². The molecule has 0 amide bonds. The van der Waals surface area contributed by atoms with Gasteiger partial charge in [-0.25, -0.2) is 0 Å². The van der Waals surface area contributed by atoms with Crippen molar-refractivity contribution >= 4 is 0 Å². The molecule has 88 valence electrons. The molecule has 1 unspecified atom stereocenters. The first-order valence-electron chi connectivity index (χ1n) is 6.38. The molecule has 1 aromatic carbocycles. The zero-order valence-corrected chi connectivity index (χ0v) is 10.2. The third-order valence-corrected chi connectivity index (χ3v) is 3.34. The highest BCUT2D eigenvalue weighted by Gasteiger charge is 2.16. The van der Waals surface area contributed by atoms with Crippen LogP contribution in [0.2, 0.25) is 0 Å². The third-order valence-electron chi connectivity index (χ3n) is 3.34. The van der Waals surface area contributed by atoms with Gasteiger partial charge in [0, 0.05) is 19.1 Å². The molecule has 0 aromatic heterocycles. The first-order chi connectivity index (χ1) is 7.88. The van der Waals surface area contributed by atoms with Crippen molar-refractivity contribution < 1.29 is 0 Å². The van der Waals surface area contributed by atoms with Crippen LogP contribution in [0.1, 0.15) is 25.3 Å². The summed E-state index contributed by atoms with van der Waals surface area (Å²) in [5.41, 5.74) is 1.42. The molecular weight excluding hydrogens is 196 g/mol. The number of benzene rings is 1. The van der Waals surface area contributed by atoms with Crippen LogP contribution in [0.4, 0.5) is 0 Å². The van der Waals surface area contributed by atoms with E-state index in [4.69, 9.17) is 0 Å². The van der Waals surface area contributed by atoms with Crippen molar-refractivity contribution in [1.29, 1.82) is 0 Å². The second kappa shape index (κ2) is 6.02. The Kier molecular flexibility index (Phi) is 4.37. The first-order valence-corrected chi connectivity index (χ1v) is 6.38. The summed E-state index contributed by atoms with van der Waals surface area (Å²) in [5, 5.41) is 3.57. The summed E-state index contributed by atoms with van der Waals surface area (Å²) in [6.07, 6.45) is 2.68. The summed E-state index contributed by atoms with van der Waals surface area (Å²) < 4.78 is 0. The quantitative estimate of drug-likeness (QED) is 0.815. The van der Waals surface area contributed by atoms with E-state index in [1.165, 1.54) is 31.5 Å². The van der Waals surface area contributed by atoms with Gasteiger partial charge in [0.05, 0.1) is 0 Å². The molecule has 0 aliphatic carbocycles. The maximum atomic E-state index is 3.57. The summed E-state index contributed by atoms with van der Waals surface area (Å²) in [7, 11) is 0.